The molecule has 0 heterocycles. The van der Waals surface area contributed by atoms with E-state index in [1.807, 2.05) is 52.0 Å². The molecule has 0 unspecified atom stereocenters. The summed E-state index contributed by atoms with van der Waals surface area (Å²) in [6.07, 6.45) is 1.49. The molecule has 0 saturated carbocycles. The van der Waals surface area contributed by atoms with Crippen molar-refractivity contribution in [3.05, 3.63) is 29.8 Å². The van der Waals surface area contributed by atoms with Crippen LogP contribution in [-0.2, 0) is 14.3 Å². The van der Waals surface area contributed by atoms with Crippen molar-refractivity contribution in [2.24, 2.45) is 5.92 Å². The first-order valence-electron chi connectivity index (χ1n) is 8.10. The predicted molar refractivity (Wildman–Crippen MR) is 92.3 cm³/mol. The number of carbonyl (C=O) groups excluding carboxylic acids is 2. The van der Waals surface area contributed by atoms with Crippen molar-refractivity contribution < 1.29 is 14.3 Å². The molecule has 1 aromatic rings. The van der Waals surface area contributed by atoms with E-state index in [1.165, 1.54) is 7.11 Å². The minimum absolute atomic E-state index is 0.0361. The Morgan fingerprint density at radius 3 is 2.26 bits per heavy atom. The molecule has 5 nitrogen and oxygen atoms in total. The zero-order valence-corrected chi connectivity index (χ0v) is 14.7. The molecule has 0 aromatic heterocycles. The fraction of sp³-hybridized carbons (Fsp3) is 0.556. The van der Waals surface area contributed by atoms with E-state index in [1.54, 1.807) is 0 Å². The van der Waals surface area contributed by atoms with Crippen LogP contribution >= 0.6 is 0 Å². The monoisotopic (exact) mass is 320 g/mol. The average molecular weight is 320 g/mol. The first kappa shape index (κ1) is 19.2. The van der Waals surface area contributed by atoms with Gasteiger partial charge in [0, 0.05) is 5.69 Å². The molecule has 0 saturated heterocycles. The number of benzene rings is 1. The number of hydrogen-bond acceptors (Lipinski definition) is 4. The van der Waals surface area contributed by atoms with E-state index in [0.29, 0.717) is 6.42 Å². The van der Waals surface area contributed by atoms with Crippen LogP contribution in [0.15, 0.2) is 24.3 Å². The molecule has 5 heteroatoms. The van der Waals surface area contributed by atoms with Gasteiger partial charge in [-0.15, -0.1) is 0 Å². The zero-order chi connectivity index (χ0) is 17.4. The first-order chi connectivity index (χ1) is 10.9. The number of amides is 1. The quantitative estimate of drug-likeness (QED) is 0.723. The third-order valence-electron chi connectivity index (χ3n) is 3.72. The van der Waals surface area contributed by atoms with Gasteiger partial charge >= 0.3 is 5.97 Å². The Kier molecular flexibility index (Phi) is 7.75. The summed E-state index contributed by atoms with van der Waals surface area (Å²) in [6.45, 7) is 7.86. The maximum Gasteiger partial charge on any atom is 0.323 e. The smallest absolute Gasteiger partial charge is 0.323 e. The lowest BCUT2D eigenvalue weighted by Gasteiger charge is -2.26. The molecule has 0 aliphatic rings. The molecule has 2 atom stereocenters. The highest BCUT2D eigenvalue weighted by atomic mass is 16.5. The van der Waals surface area contributed by atoms with Crippen LogP contribution in [0.2, 0.25) is 0 Å². The van der Waals surface area contributed by atoms with Gasteiger partial charge in [-0.25, -0.2) is 0 Å². The summed E-state index contributed by atoms with van der Waals surface area (Å²) >= 11 is 0. The van der Waals surface area contributed by atoms with Gasteiger partial charge in [0.2, 0.25) is 5.91 Å². The minimum Gasteiger partial charge on any atom is -0.468 e. The Hall–Kier alpha value is -1.88. The lowest BCUT2D eigenvalue weighted by atomic mass is 10.0. The van der Waals surface area contributed by atoms with E-state index in [0.717, 1.165) is 17.7 Å². The summed E-state index contributed by atoms with van der Waals surface area (Å²) in [6, 6.07) is 6.70. The summed E-state index contributed by atoms with van der Waals surface area (Å²) in [7, 11) is 1.36. The van der Waals surface area contributed by atoms with Gasteiger partial charge in [-0.1, -0.05) is 44.9 Å². The highest BCUT2D eigenvalue weighted by molar-refractivity contribution is 5.95. The normalized spacial score (nSPS) is 13.5. The van der Waals surface area contributed by atoms with Crippen molar-refractivity contribution >= 4 is 17.6 Å². The molecule has 1 aromatic carbocycles. The van der Waals surface area contributed by atoms with Crippen molar-refractivity contribution in [3.63, 3.8) is 0 Å². The highest BCUT2D eigenvalue weighted by Crippen LogP contribution is 2.12. The molecule has 2 N–H and O–H groups in total. The number of ether oxygens (including phenoxy) is 1. The van der Waals surface area contributed by atoms with Gasteiger partial charge in [0.15, 0.2) is 0 Å². The summed E-state index contributed by atoms with van der Waals surface area (Å²) in [5.41, 5.74) is 1.89. The van der Waals surface area contributed by atoms with Gasteiger partial charge in [0.1, 0.15) is 6.04 Å². The average Bonchev–Trinajstić information content (AvgIpc) is 2.52. The van der Waals surface area contributed by atoms with Crippen LogP contribution in [0.1, 0.15) is 39.2 Å². The van der Waals surface area contributed by atoms with E-state index >= 15 is 0 Å². The summed E-state index contributed by atoms with van der Waals surface area (Å²) in [4.78, 5) is 24.4. The molecule has 1 amide bonds. The molecule has 23 heavy (non-hydrogen) atoms. The molecule has 0 radical (unpaired) electrons. The number of methoxy groups -OCH3 is 1. The highest BCUT2D eigenvalue weighted by Gasteiger charge is 2.28. The number of anilines is 1. The zero-order valence-electron chi connectivity index (χ0n) is 14.7. The van der Waals surface area contributed by atoms with Crippen LogP contribution in [0, 0.1) is 12.8 Å². The number of esters is 1. The SMILES string of the molecule is CCC[C@@H](N[C@@H](C(=O)OC)C(C)C)C(=O)Nc1ccc(C)cc1. The fourth-order valence-electron chi connectivity index (χ4n) is 2.32. The van der Waals surface area contributed by atoms with Gasteiger partial charge in [-0.2, -0.15) is 0 Å². The number of nitrogens with one attached hydrogen (secondary N) is 2. The van der Waals surface area contributed by atoms with Crippen molar-refractivity contribution in [3.8, 4) is 0 Å². The van der Waals surface area contributed by atoms with Crippen molar-refractivity contribution in [1.29, 1.82) is 0 Å². The van der Waals surface area contributed by atoms with Crippen LogP contribution in [0.5, 0.6) is 0 Å². The Morgan fingerprint density at radius 1 is 1.17 bits per heavy atom. The number of carbonyl (C=O) groups is 2. The van der Waals surface area contributed by atoms with E-state index in [4.69, 9.17) is 4.74 Å². The predicted octanol–water partition coefficient (Wildman–Crippen LogP) is 2.89. The standard InChI is InChI=1S/C18H28N2O3/c1-6-7-15(20-16(12(2)3)18(22)23-5)17(21)19-14-10-8-13(4)9-11-14/h8-12,15-16,20H,6-7H2,1-5H3,(H,19,21)/t15-,16-/m1/s1. The molecule has 0 bridgehead atoms. The van der Waals surface area contributed by atoms with Gasteiger partial charge in [-0.3, -0.25) is 14.9 Å². The van der Waals surface area contributed by atoms with E-state index in [2.05, 4.69) is 10.6 Å². The summed E-state index contributed by atoms with van der Waals surface area (Å²) in [5, 5.41) is 6.05. The Labute approximate surface area is 138 Å². The van der Waals surface area contributed by atoms with Gasteiger partial charge in [-0.05, 0) is 31.4 Å². The number of rotatable bonds is 8. The molecular weight excluding hydrogens is 292 g/mol. The molecule has 0 aliphatic carbocycles. The fourth-order valence-corrected chi connectivity index (χ4v) is 2.32. The third kappa shape index (κ3) is 6.02. The van der Waals surface area contributed by atoms with Crippen molar-refractivity contribution in [1.82, 2.24) is 5.32 Å². The largest absolute Gasteiger partial charge is 0.468 e. The maximum absolute atomic E-state index is 12.5. The lowest BCUT2D eigenvalue weighted by Crippen LogP contribution is -2.51. The first-order valence-corrected chi connectivity index (χ1v) is 8.10. The van der Waals surface area contributed by atoms with Crippen LogP contribution in [0.25, 0.3) is 0 Å². The van der Waals surface area contributed by atoms with E-state index < -0.39 is 12.1 Å². The van der Waals surface area contributed by atoms with E-state index in [-0.39, 0.29) is 17.8 Å². The minimum atomic E-state index is -0.500. The Balaban J connectivity index is 2.80. The van der Waals surface area contributed by atoms with Crippen LogP contribution in [-0.4, -0.2) is 31.1 Å². The van der Waals surface area contributed by atoms with Crippen molar-refractivity contribution in [2.45, 2.75) is 52.6 Å². The molecule has 0 spiro atoms. The number of hydrogen-bond donors (Lipinski definition) is 2. The molecule has 1 rings (SSSR count). The second kappa shape index (κ2) is 9.30. The third-order valence-corrected chi connectivity index (χ3v) is 3.72. The Morgan fingerprint density at radius 2 is 1.78 bits per heavy atom. The molecule has 0 aliphatic heterocycles. The van der Waals surface area contributed by atoms with Gasteiger partial charge in [0.05, 0.1) is 13.2 Å². The van der Waals surface area contributed by atoms with E-state index in [9.17, 15) is 9.59 Å². The Bertz CT molecular complexity index is 512. The molecular formula is C18H28N2O3. The second-order valence-electron chi connectivity index (χ2n) is 6.11. The van der Waals surface area contributed by atoms with Gasteiger partial charge in [0.25, 0.3) is 0 Å². The number of aryl methyl sites for hydroxylation is 1. The molecule has 0 fully saturated rings. The summed E-state index contributed by atoms with van der Waals surface area (Å²) in [5.74, 6) is -0.441. The molecule has 128 valence electrons. The van der Waals surface area contributed by atoms with Gasteiger partial charge < -0.3 is 10.1 Å². The van der Waals surface area contributed by atoms with Crippen LogP contribution < -0.4 is 10.6 Å². The van der Waals surface area contributed by atoms with Crippen LogP contribution in [0.4, 0.5) is 5.69 Å². The summed E-state index contributed by atoms with van der Waals surface area (Å²) < 4.78 is 4.83. The lowest BCUT2D eigenvalue weighted by molar-refractivity contribution is -0.144. The van der Waals surface area contributed by atoms with Crippen molar-refractivity contribution in [2.75, 3.05) is 12.4 Å². The topological polar surface area (TPSA) is 67.4 Å². The second-order valence-corrected chi connectivity index (χ2v) is 6.11. The maximum atomic E-state index is 12.5. The van der Waals surface area contributed by atoms with Crippen LogP contribution in [0.3, 0.4) is 0 Å².